The van der Waals surface area contributed by atoms with Gasteiger partial charge in [0.15, 0.2) is 5.69 Å². The average molecular weight is 506 g/mol. The molecule has 0 spiro atoms. The standard InChI is InChI=1S/C26H28ClN7O2/c1-2-32-10-8-17-14-29-26(30-21(17)15-32)33-11-9-20-22(24(35)28-13-16-6-7-16)31-34(23(20)25(33)36)19-5-3-4-18(27)12-19/h3-5,12,14,16H,2,6-11,13,15H2,1H3,(H,28,35). The van der Waals surface area contributed by atoms with Crippen LogP contribution in [0.5, 0.6) is 0 Å². The molecule has 1 saturated carbocycles. The van der Waals surface area contributed by atoms with Gasteiger partial charge in [-0.25, -0.2) is 14.6 Å². The van der Waals surface area contributed by atoms with Crippen molar-refractivity contribution in [3.05, 3.63) is 63.7 Å². The third kappa shape index (κ3) is 4.26. The van der Waals surface area contributed by atoms with E-state index in [9.17, 15) is 9.59 Å². The maximum Gasteiger partial charge on any atom is 0.279 e. The lowest BCUT2D eigenvalue weighted by molar-refractivity contribution is 0.0945. The summed E-state index contributed by atoms with van der Waals surface area (Å²) in [5.41, 5.74) is 4.03. The van der Waals surface area contributed by atoms with Crippen molar-refractivity contribution >= 4 is 29.4 Å². The van der Waals surface area contributed by atoms with Crippen molar-refractivity contribution in [3.8, 4) is 5.69 Å². The molecule has 4 heterocycles. The minimum Gasteiger partial charge on any atom is -0.350 e. The van der Waals surface area contributed by atoms with Crippen LogP contribution in [0.25, 0.3) is 5.69 Å². The fourth-order valence-corrected chi connectivity index (χ4v) is 5.10. The van der Waals surface area contributed by atoms with Gasteiger partial charge < -0.3 is 5.32 Å². The quantitative estimate of drug-likeness (QED) is 0.553. The molecule has 0 radical (unpaired) electrons. The monoisotopic (exact) mass is 505 g/mol. The molecule has 1 aliphatic carbocycles. The molecule has 1 fully saturated rings. The van der Waals surface area contributed by atoms with Gasteiger partial charge in [-0.05, 0) is 61.9 Å². The van der Waals surface area contributed by atoms with Crippen LogP contribution in [0.4, 0.5) is 5.95 Å². The topological polar surface area (TPSA) is 96.3 Å². The number of carbonyl (C=O) groups excluding carboxylic acids is 2. The smallest absolute Gasteiger partial charge is 0.279 e. The van der Waals surface area contributed by atoms with Crippen LogP contribution in [-0.2, 0) is 19.4 Å². The molecular weight excluding hydrogens is 478 g/mol. The van der Waals surface area contributed by atoms with Gasteiger partial charge in [-0.1, -0.05) is 24.6 Å². The van der Waals surface area contributed by atoms with Gasteiger partial charge in [0.1, 0.15) is 5.69 Å². The molecule has 6 rings (SSSR count). The Balaban J connectivity index is 1.38. The minimum atomic E-state index is -0.270. The molecular formula is C26H28ClN7O2. The van der Waals surface area contributed by atoms with Crippen LogP contribution in [0.2, 0.25) is 5.02 Å². The molecule has 2 amide bonds. The van der Waals surface area contributed by atoms with Gasteiger partial charge in [0.2, 0.25) is 5.95 Å². The molecule has 2 aliphatic heterocycles. The summed E-state index contributed by atoms with van der Waals surface area (Å²) in [6.07, 6.45) is 5.51. The Hall–Kier alpha value is -3.30. The summed E-state index contributed by atoms with van der Waals surface area (Å²) in [6, 6.07) is 7.13. The molecule has 0 atom stereocenters. The maximum absolute atomic E-state index is 13.9. The predicted molar refractivity (Wildman–Crippen MR) is 136 cm³/mol. The molecule has 0 bridgehead atoms. The number of halogens is 1. The first-order chi connectivity index (χ1) is 17.5. The molecule has 2 aromatic heterocycles. The van der Waals surface area contributed by atoms with E-state index in [-0.39, 0.29) is 11.8 Å². The number of aromatic nitrogens is 4. The highest BCUT2D eigenvalue weighted by Gasteiger charge is 2.37. The Morgan fingerprint density at radius 1 is 1.22 bits per heavy atom. The van der Waals surface area contributed by atoms with Gasteiger partial charge in [0, 0.05) is 43.0 Å². The minimum absolute atomic E-state index is 0.245. The first-order valence-corrected chi connectivity index (χ1v) is 12.9. The van der Waals surface area contributed by atoms with Crippen LogP contribution in [0.1, 0.15) is 57.6 Å². The molecule has 3 aliphatic rings. The lowest BCUT2D eigenvalue weighted by Crippen LogP contribution is -2.41. The zero-order chi connectivity index (χ0) is 24.8. The van der Waals surface area contributed by atoms with Crippen LogP contribution in [0.15, 0.2) is 30.5 Å². The lowest BCUT2D eigenvalue weighted by Gasteiger charge is -2.29. The summed E-state index contributed by atoms with van der Waals surface area (Å²) in [5, 5.41) is 8.14. The number of hydrogen-bond donors (Lipinski definition) is 1. The van der Waals surface area contributed by atoms with E-state index in [0.29, 0.717) is 59.0 Å². The van der Waals surface area contributed by atoms with E-state index in [2.05, 4.69) is 27.2 Å². The van der Waals surface area contributed by atoms with Gasteiger partial charge in [-0.15, -0.1) is 0 Å². The van der Waals surface area contributed by atoms with Gasteiger partial charge in [-0.3, -0.25) is 19.4 Å². The molecule has 3 aromatic rings. The number of amides is 2. The third-order valence-corrected chi connectivity index (χ3v) is 7.47. The van der Waals surface area contributed by atoms with Gasteiger partial charge >= 0.3 is 0 Å². The average Bonchev–Trinajstić information content (AvgIpc) is 3.64. The molecule has 1 aromatic carbocycles. The molecule has 9 nitrogen and oxygen atoms in total. The number of nitrogens with zero attached hydrogens (tertiary/aromatic N) is 6. The van der Waals surface area contributed by atoms with Crippen molar-refractivity contribution in [2.24, 2.45) is 5.92 Å². The molecule has 36 heavy (non-hydrogen) atoms. The fourth-order valence-electron chi connectivity index (χ4n) is 4.92. The second kappa shape index (κ2) is 9.29. The predicted octanol–water partition coefficient (Wildman–Crippen LogP) is 3.04. The first kappa shape index (κ1) is 23.1. The molecule has 186 valence electrons. The number of nitrogens with one attached hydrogen (secondary N) is 1. The normalized spacial score (nSPS) is 17.6. The van der Waals surface area contributed by atoms with Crippen molar-refractivity contribution in [1.82, 2.24) is 30.0 Å². The Bertz CT molecular complexity index is 1350. The number of rotatable bonds is 6. The molecule has 10 heteroatoms. The Morgan fingerprint density at radius 3 is 2.86 bits per heavy atom. The highest BCUT2D eigenvalue weighted by Crippen LogP contribution is 2.30. The number of fused-ring (bicyclic) bond motifs is 2. The number of hydrogen-bond acceptors (Lipinski definition) is 6. The van der Waals surface area contributed by atoms with Crippen LogP contribution in [0, 0.1) is 5.92 Å². The van der Waals surface area contributed by atoms with Crippen molar-refractivity contribution < 1.29 is 9.59 Å². The van der Waals surface area contributed by atoms with Crippen molar-refractivity contribution in [2.75, 3.05) is 31.1 Å². The van der Waals surface area contributed by atoms with Crippen LogP contribution in [0.3, 0.4) is 0 Å². The van der Waals surface area contributed by atoms with Gasteiger partial charge in [0.25, 0.3) is 11.8 Å². The Labute approximate surface area is 214 Å². The second-order valence-electron chi connectivity index (χ2n) is 9.69. The summed E-state index contributed by atoms with van der Waals surface area (Å²) in [5.74, 6) is 0.417. The maximum atomic E-state index is 13.9. The van der Waals surface area contributed by atoms with E-state index >= 15 is 0 Å². The third-order valence-electron chi connectivity index (χ3n) is 7.23. The summed E-state index contributed by atoms with van der Waals surface area (Å²) in [4.78, 5) is 40.3. The summed E-state index contributed by atoms with van der Waals surface area (Å²) < 4.78 is 1.54. The largest absolute Gasteiger partial charge is 0.350 e. The van der Waals surface area contributed by atoms with Crippen LogP contribution >= 0.6 is 11.6 Å². The molecule has 0 unspecified atom stereocenters. The van der Waals surface area contributed by atoms with Crippen molar-refractivity contribution in [2.45, 2.75) is 39.2 Å². The number of benzene rings is 1. The summed E-state index contributed by atoms with van der Waals surface area (Å²) >= 11 is 6.25. The summed E-state index contributed by atoms with van der Waals surface area (Å²) in [6.45, 7) is 5.85. The SMILES string of the molecule is CCN1CCc2cnc(N3CCc4c(C(=O)NCC5CC5)nn(-c5cccc(Cl)c5)c4C3=O)nc2C1. The number of anilines is 1. The highest BCUT2D eigenvalue weighted by atomic mass is 35.5. The van der Waals surface area contributed by atoms with E-state index in [1.54, 1.807) is 27.8 Å². The zero-order valence-electron chi connectivity index (χ0n) is 20.2. The van der Waals surface area contributed by atoms with E-state index in [1.807, 2.05) is 12.3 Å². The molecule has 1 N–H and O–H groups in total. The Morgan fingerprint density at radius 2 is 2.08 bits per heavy atom. The number of carbonyl (C=O) groups is 2. The van der Waals surface area contributed by atoms with Gasteiger partial charge in [0.05, 0.1) is 11.4 Å². The zero-order valence-corrected chi connectivity index (χ0v) is 21.0. The Kier molecular flexibility index (Phi) is 5.97. The number of likely N-dealkylation sites (N-methyl/N-ethyl adjacent to an activating group) is 1. The second-order valence-corrected chi connectivity index (χ2v) is 10.1. The van der Waals surface area contributed by atoms with Crippen molar-refractivity contribution in [3.63, 3.8) is 0 Å². The fraction of sp³-hybridized carbons (Fsp3) is 0.423. The van der Waals surface area contributed by atoms with Gasteiger partial charge in [-0.2, -0.15) is 5.10 Å². The molecule has 0 saturated heterocycles. The van der Waals surface area contributed by atoms with E-state index in [0.717, 1.165) is 50.2 Å². The van der Waals surface area contributed by atoms with E-state index in [4.69, 9.17) is 16.6 Å². The van der Waals surface area contributed by atoms with Crippen LogP contribution < -0.4 is 10.2 Å². The van der Waals surface area contributed by atoms with Crippen LogP contribution in [-0.4, -0.2) is 62.6 Å². The highest BCUT2D eigenvalue weighted by molar-refractivity contribution is 6.30. The summed E-state index contributed by atoms with van der Waals surface area (Å²) in [7, 11) is 0. The van der Waals surface area contributed by atoms with E-state index in [1.165, 1.54) is 0 Å². The first-order valence-electron chi connectivity index (χ1n) is 12.6. The lowest BCUT2D eigenvalue weighted by atomic mass is 10.0. The van der Waals surface area contributed by atoms with Crippen molar-refractivity contribution in [1.29, 1.82) is 0 Å². The van der Waals surface area contributed by atoms with E-state index < -0.39 is 0 Å².